The van der Waals surface area contributed by atoms with Crippen LogP contribution in [-0.4, -0.2) is 11.2 Å². The molecular weight excluding hydrogens is 148 g/mol. The highest BCUT2D eigenvalue weighted by Crippen LogP contribution is 2.41. The highest BCUT2D eigenvalue weighted by atomic mass is 16.3. The Kier molecular flexibility index (Phi) is 2.82. The van der Waals surface area contributed by atoms with Gasteiger partial charge in [-0.25, -0.2) is 0 Å². The maximum Gasteiger partial charge on any atom is 0.0596 e. The minimum absolute atomic E-state index is 0.0915. The zero-order valence-corrected chi connectivity index (χ0v) is 8.91. The third-order valence-corrected chi connectivity index (χ3v) is 4.39. The lowest BCUT2D eigenvalue weighted by atomic mass is 9.63. The van der Waals surface area contributed by atoms with Gasteiger partial charge in [0, 0.05) is 0 Å². The van der Waals surface area contributed by atoms with Crippen molar-refractivity contribution in [1.82, 2.24) is 0 Å². The summed E-state index contributed by atoms with van der Waals surface area (Å²) in [4.78, 5) is 0. The van der Waals surface area contributed by atoms with E-state index >= 15 is 0 Å². The molecule has 1 fully saturated rings. The average molecular weight is 170 g/mol. The van der Waals surface area contributed by atoms with E-state index < -0.39 is 0 Å². The van der Waals surface area contributed by atoms with Crippen molar-refractivity contribution in [2.24, 2.45) is 29.6 Å². The first-order valence-corrected chi connectivity index (χ1v) is 5.14. The Balaban J connectivity index is 2.76. The SMILES string of the molecule is CC1[C@@H](C)[C@H](C)C(O)[C@@H](C)[C@@H]1C. The minimum Gasteiger partial charge on any atom is -0.393 e. The van der Waals surface area contributed by atoms with Crippen LogP contribution < -0.4 is 0 Å². The fourth-order valence-electron chi connectivity index (χ4n) is 2.54. The molecule has 0 bridgehead atoms. The van der Waals surface area contributed by atoms with E-state index in [9.17, 15) is 5.11 Å². The van der Waals surface area contributed by atoms with Crippen molar-refractivity contribution in [1.29, 1.82) is 0 Å². The second kappa shape index (κ2) is 3.37. The van der Waals surface area contributed by atoms with Crippen molar-refractivity contribution in [3.05, 3.63) is 0 Å². The Morgan fingerprint density at radius 3 is 1.17 bits per heavy atom. The maximum absolute atomic E-state index is 9.90. The van der Waals surface area contributed by atoms with Crippen molar-refractivity contribution in [3.63, 3.8) is 0 Å². The van der Waals surface area contributed by atoms with Gasteiger partial charge in [-0.2, -0.15) is 0 Å². The Morgan fingerprint density at radius 1 is 0.583 bits per heavy atom. The van der Waals surface area contributed by atoms with Gasteiger partial charge >= 0.3 is 0 Å². The molecular formula is C11H22O. The van der Waals surface area contributed by atoms with Gasteiger partial charge in [-0.1, -0.05) is 34.6 Å². The number of aliphatic hydroxyl groups is 1. The molecule has 0 heterocycles. The summed E-state index contributed by atoms with van der Waals surface area (Å²) in [6, 6.07) is 0. The van der Waals surface area contributed by atoms with E-state index in [0.29, 0.717) is 23.7 Å². The summed E-state index contributed by atoms with van der Waals surface area (Å²) in [6.07, 6.45) is -0.0915. The smallest absolute Gasteiger partial charge is 0.0596 e. The zero-order chi connectivity index (χ0) is 9.46. The first-order valence-electron chi connectivity index (χ1n) is 5.14. The monoisotopic (exact) mass is 170 g/mol. The van der Waals surface area contributed by atoms with Crippen molar-refractivity contribution >= 4 is 0 Å². The largest absolute Gasteiger partial charge is 0.393 e. The first-order chi connectivity index (χ1) is 5.46. The molecule has 1 aliphatic carbocycles. The molecule has 0 spiro atoms. The topological polar surface area (TPSA) is 20.2 Å². The molecule has 0 saturated heterocycles. The molecule has 1 aliphatic rings. The maximum atomic E-state index is 9.90. The number of aliphatic hydroxyl groups excluding tert-OH is 1. The standard InChI is InChI=1S/C11H22O/c1-6-7(2)9(4)11(12)10(5)8(6)3/h6-12H,1-5H3/t6?,7-,8-,9+,10+,11?/m1/s1. The molecule has 0 aliphatic heterocycles. The molecule has 4 atom stereocenters. The minimum atomic E-state index is -0.0915. The third-order valence-electron chi connectivity index (χ3n) is 4.39. The predicted octanol–water partition coefficient (Wildman–Crippen LogP) is 2.54. The second-order valence-corrected chi connectivity index (χ2v) is 4.79. The van der Waals surface area contributed by atoms with Crippen LogP contribution >= 0.6 is 0 Å². The van der Waals surface area contributed by atoms with Crippen LogP contribution in [0.2, 0.25) is 0 Å². The molecule has 0 aromatic rings. The van der Waals surface area contributed by atoms with Crippen LogP contribution in [0.4, 0.5) is 0 Å². The normalized spacial score (nSPS) is 55.5. The van der Waals surface area contributed by atoms with Gasteiger partial charge in [-0.05, 0) is 29.6 Å². The number of rotatable bonds is 0. The van der Waals surface area contributed by atoms with Gasteiger partial charge in [-0.15, -0.1) is 0 Å². The van der Waals surface area contributed by atoms with E-state index in [1.54, 1.807) is 0 Å². The fourth-order valence-corrected chi connectivity index (χ4v) is 2.54. The molecule has 0 amide bonds. The van der Waals surface area contributed by atoms with Crippen LogP contribution in [-0.2, 0) is 0 Å². The van der Waals surface area contributed by atoms with Crippen LogP contribution in [0, 0.1) is 29.6 Å². The molecule has 12 heavy (non-hydrogen) atoms. The summed E-state index contributed by atoms with van der Waals surface area (Å²) in [5.41, 5.74) is 0. The first kappa shape index (κ1) is 10.0. The average Bonchev–Trinajstić information content (AvgIpc) is 2.08. The summed E-state index contributed by atoms with van der Waals surface area (Å²) >= 11 is 0. The van der Waals surface area contributed by atoms with Crippen LogP contribution in [0.3, 0.4) is 0 Å². The molecule has 0 radical (unpaired) electrons. The highest BCUT2D eigenvalue weighted by Gasteiger charge is 2.39. The van der Waals surface area contributed by atoms with Gasteiger partial charge in [0.1, 0.15) is 0 Å². The Bertz CT molecular complexity index is 96.6. The quantitative estimate of drug-likeness (QED) is 0.592. The van der Waals surface area contributed by atoms with Gasteiger partial charge in [0.2, 0.25) is 0 Å². The van der Waals surface area contributed by atoms with E-state index in [1.165, 1.54) is 0 Å². The molecule has 0 aromatic carbocycles. The van der Waals surface area contributed by atoms with Crippen LogP contribution in [0.5, 0.6) is 0 Å². The molecule has 1 heteroatoms. The van der Waals surface area contributed by atoms with E-state index in [4.69, 9.17) is 0 Å². The molecule has 0 aromatic heterocycles. The van der Waals surface area contributed by atoms with Crippen LogP contribution in [0.1, 0.15) is 34.6 Å². The molecule has 0 unspecified atom stereocenters. The highest BCUT2D eigenvalue weighted by molar-refractivity contribution is 4.88. The molecule has 1 N–H and O–H groups in total. The predicted molar refractivity (Wildman–Crippen MR) is 51.8 cm³/mol. The van der Waals surface area contributed by atoms with Gasteiger partial charge in [0.15, 0.2) is 0 Å². The van der Waals surface area contributed by atoms with Crippen molar-refractivity contribution < 1.29 is 5.11 Å². The van der Waals surface area contributed by atoms with E-state index in [2.05, 4.69) is 34.6 Å². The van der Waals surface area contributed by atoms with Crippen LogP contribution in [0.15, 0.2) is 0 Å². The van der Waals surface area contributed by atoms with Gasteiger partial charge in [-0.3, -0.25) is 0 Å². The van der Waals surface area contributed by atoms with Crippen molar-refractivity contribution in [2.75, 3.05) is 0 Å². The zero-order valence-electron chi connectivity index (χ0n) is 8.91. The lowest BCUT2D eigenvalue weighted by Crippen LogP contribution is -2.44. The summed E-state index contributed by atoms with van der Waals surface area (Å²) in [5.74, 6) is 2.99. The van der Waals surface area contributed by atoms with Gasteiger partial charge in [0.05, 0.1) is 6.10 Å². The van der Waals surface area contributed by atoms with Crippen LogP contribution in [0.25, 0.3) is 0 Å². The van der Waals surface area contributed by atoms with Crippen molar-refractivity contribution in [3.8, 4) is 0 Å². The lowest BCUT2D eigenvalue weighted by Gasteiger charge is -2.44. The summed E-state index contributed by atoms with van der Waals surface area (Å²) < 4.78 is 0. The molecule has 1 saturated carbocycles. The van der Waals surface area contributed by atoms with Crippen molar-refractivity contribution in [2.45, 2.75) is 40.7 Å². The van der Waals surface area contributed by atoms with Gasteiger partial charge < -0.3 is 5.11 Å². The summed E-state index contributed by atoms with van der Waals surface area (Å²) in [5, 5.41) is 9.90. The van der Waals surface area contributed by atoms with E-state index in [1.807, 2.05) is 0 Å². The molecule has 72 valence electrons. The van der Waals surface area contributed by atoms with E-state index in [0.717, 1.165) is 5.92 Å². The third kappa shape index (κ3) is 1.39. The molecule has 1 nitrogen and oxygen atoms in total. The van der Waals surface area contributed by atoms with Gasteiger partial charge in [0.25, 0.3) is 0 Å². The second-order valence-electron chi connectivity index (χ2n) is 4.79. The Labute approximate surface area is 76.2 Å². The summed E-state index contributed by atoms with van der Waals surface area (Å²) in [7, 11) is 0. The van der Waals surface area contributed by atoms with E-state index in [-0.39, 0.29) is 6.10 Å². The number of hydrogen-bond donors (Lipinski definition) is 1. The lowest BCUT2D eigenvalue weighted by molar-refractivity contribution is -0.0516. The number of hydrogen-bond acceptors (Lipinski definition) is 1. The Morgan fingerprint density at radius 2 is 0.833 bits per heavy atom. The fraction of sp³-hybridized carbons (Fsp3) is 1.00. The Hall–Kier alpha value is -0.0400. The molecule has 1 rings (SSSR count). The summed E-state index contributed by atoms with van der Waals surface area (Å²) in [6.45, 7) is 11.2.